The summed E-state index contributed by atoms with van der Waals surface area (Å²) >= 11 is 0. The summed E-state index contributed by atoms with van der Waals surface area (Å²) in [6.07, 6.45) is 3.36. The highest BCUT2D eigenvalue weighted by atomic mass is 15.2. The lowest BCUT2D eigenvalue weighted by molar-refractivity contribution is 0.253. The van der Waals surface area contributed by atoms with Crippen molar-refractivity contribution in [2.24, 2.45) is 5.73 Å². The minimum atomic E-state index is 0.576. The van der Waals surface area contributed by atoms with Crippen LogP contribution < -0.4 is 10.6 Å². The SMILES string of the molecule is CN1CCC(c2ccc(N(C)CCCN)nn2)CC1. The van der Waals surface area contributed by atoms with E-state index in [4.69, 9.17) is 5.73 Å². The summed E-state index contributed by atoms with van der Waals surface area (Å²) in [6.45, 7) is 3.96. The highest BCUT2D eigenvalue weighted by molar-refractivity contribution is 5.36. The number of aromatic nitrogens is 2. The van der Waals surface area contributed by atoms with Crippen LogP contribution in [0.2, 0.25) is 0 Å². The Hall–Kier alpha value is -1.20. The van der Waals surface area contributed by atoms with E-state index in [9.17, 15) is 0 Å². The smallest absolute Gasteiger partial charge is 0.150 e. The highest BCUT2D eigenvalue weighted by Crippen LogP contribution is 2.26. The largest absolute Gasteiger partial charge is 0.358 e. The summed E-state index contributed by atoms with van der Waals surface area (Å²) in [5, 5.41) is 8.76. The molecule has 5 nitrogen and oxygen atoms in total. The third-order valence-electron chi connectivity index (χ3n) is 3.90. The van der Waals surface area contributed by atoms with Gasteiger partial charge < -0.3 is 15.5 Å². The van der Waals surface area contributed by atoms with Gasteiger partial charge in [-0.3, -0.25) is 0 Å². The van der Waals surface area contributed by atoms with E-state index < -0.39 is 0 Å². The number of hydrogen-bond donors (Lipinski definition) is 1. The Balaban J connectivity index is 1.94. The molecular weight excluding hydrogens is 238 g/mol. The van der Waals surface area contributed by atoms with Crippen LogP contribution in [0.1, 0.15) is 30.9 Å². The minimum absolute atomic E-state index is 0.576. The highest BCUT2D eigenvalue weighted by Gasteiger charge is 2.19. The van der Waals surface area contributed by atoms with Gasteiger partial charge in [-0.15, -0.1) is 5.10 Å². The van der Waals surface area contributed by atoms with Gasteiger partial charge in [-0.25, -0.2) is 0 Å². The third-order valence-corrected chi connectivity index (χ3v) is 3.90. The quantitative estimate of drug-likeness (QED) is 0.861. The first kappa shape index (κ1) is 14.2. The van der Waals surface area contributed by atoms with Crippen LogP contribution in [0.3, 0.4) is 0 Å². The number of piperidine rings is 1. The Labute approximate surface area is 115 Å². The molecule has 1 aliphatic heterocycles. The van der Waals surface area contributed by atoms with Crippen molar-refractivity contribution >= 4 is 5.82 Å². The fraction of sp³-hybridized carbons (Fsp3) is 0.714. The van der Waals surface area contributed by atoms with Crippen molar-refractivity contribution in [3.05, 3.63) is 17.8 Å². The lowest BCUT2D eigenvalue weighted by atomic mass is 9.94. The molecule has 1 saturated heterocycles. The number of nitrogens with zero attached hydrogens (tertiary/aromatic N) is 4. The normalized spacial score (nSPS) is 17.6. The van der Waals surface area contributed by atoms with Crippen molar-refractivity contribution in [3.8, 4) is 0 Å². The molecule has 19 heavy (non-hydrogen) atoms. The third kappa shape index (κ3) is 3.88. The molecule has 0 aromatic carbocycles. The first-order valence-electron chi connectivity index (χ1n) is 7.14. The van der Waals surface area contributed by atoms with E-state index in [0.29, 0.717) is 12.5 Å². The average molecular weight is 263 g/mol. The van der Waals surface area contributed by atoms with Gasteiger partial charge in [-0.2, -0.15) is 5.10 Å². The summed E-state index contributed by atoms with van der Waals surface area (Å²) in [5.74, 6) is 1.51. The number of likely N-dealkylation sites (tertiary alicyclic amines) is 1. The number of hydrogen-bond acceptors (Lipinski definition) is 5. The maximum absolute atomic E-state index is 5.52. The summed E-state index contributed by atoms with van der Waals surface area (Å²) in [7, 11) is 4.21. The van der Waals surface area contributed by atoms with Gasteiger partial charge >= 0.3 is 0 Å². The monoisotopic (exact) mass is 263 g/mol. The fourth-order valence-electron chi connectivity index (χ4n) is 2.50. The summed E-state index contributed by atoms with van der Waals surface area (Å²) in [6, 6.07) is 4.22. The molecule has 0 atom stereocenters. The summed E-state index contributed by atoms with van der Waals surface area (Å²) < 4.78 is 0. The zero-order valence-corrected chi connectivity index (χ0v) is 12.0. The van der Waals surface area contributed by atoms with Gasteiger partial charge in [0.15, 0.2) is 5.82 Å². The van der Waals surface area contributed by atoms with Crippen LogP contribution in [0.5, 0.6) is 0 Å². The lowest BCUT2D eigenvalue weighted by Crippen LogP contribution is -2.29. The van der Waals surface area contributed by atoms with Gasteiger partial charge in [0.2, 0.25) is 0 Å². The molecule has 0 saturated carbocycles. The van der Waals surface area contributed by atoms with Crippen LogP contribution in [-0.2, 0) is 0 Å². The van der Waals surface area contributed by atoms with Crippen molar-refractivity contribution in [2.45, 2.75) is 25.2 Å². The van der Waals surface area contributed by atoms with Crippen molar-refractivity contribution in [3.63, 3.8) is 0 Å². The Kier molecular flexibility index (Phi) is 5.10. The molecule has 5 heteroatoms. The first-order chi connectivity index (χ1) is 9.20. The van der Waals surface area contributed by atoms with Gasteiger partial charge in [0.1, 0.15) is 0 Å². The number of rotatable bonds is 5. The Morgan fingerprint density at radius 3 is 2.63 bits per heavy atom. The van der Waals surface area contributed by atoms with Gasteiger partial charge in [0, 0.05) is 19.5 Å². The van der Waals surface area contributed by atoms with Crippen LogP contribution in [0, 0.1) is 0 Å². The molecule has 1 fully saturated rings. The second-order valence-corrected chi connectivity index (χ2v) is 5.46. The molecule has 2 heterocycles. The van der Waals surface area contributed by atoms with E-state index >= 15 is 0 Å². The summed E-state index contributed by atoms with van der Waals surface area (Å²) in [5.41, 5.74) is 6.66. The lowest BCUT2D eigenvalue weighted by Gasteiger charge is -2.28. The molecule has 1 aliphatic rings. The van der Waals surface area contributed by atoms with Crippen molar-refractivity contribution in [1.29, 1.82) is 0 Å². The zero-order valence-electron chi connectivity index (χ0n) is 12.0. The number of nitrogens with two attached hydrogens (primary N) is 1. The summed E-state index contributed by atoms with van der Waals surface area (Å²) in [4.78, 5) is 4.48. The number of anilines is 1. The van der Waals surface area contributed by atoms with Gasteiger partial charge in [-0.05, 0) is 58.1 Å². The molecule has 1 aromatic rings. The topological polar surface area (TPSA) is 58.3 Å². The van der Waals surface area contributed by atoms with Gasteiger partial charge in [-0.1, -0.05) is 0 Å². The average Bonchev–Trinajstić information content (AvgIpc) is 2.46. The van der Waals surface area contributed by atoms with E-state index in [1.165, 1.54) is 12.8 Å². The standard InChI is InChI=1S/C14H25N5/c1-18-10-6-12(7-11-18)13-4-5-14(17-16-13)19(2)9-3-8-15/h4-5,12H,3,6-11,15H2,1-2H3. The van der Waals surface area contributed by atoms with Crippen LogP contribution >= 0.6 is 0 Å². The molecule has 0 spiro atoms. The van der Waals surface area contributed by atoms with Crippen LogP contribution in [-0.4, -0.2) is 55.4 Å². The van der Waals surface area contributed by atoms with Crippen LogP contribution in [0.15, 0.2) is 12.1 Å². The van der Waals surface area contributed by atoms with Crippen molar-refractivity contribution in [2.75, 3.05) is 45.2 Å². The Bertz CT molecular complexity index is 370. The Morgan fingerprint density at radius 1 is 1.32 bits per heavy atom. The maximum Gasteiger partial charge on any atom is 0.150 e. The molecule has 0 unspecified atom stereocenters. The molecule has 0 radical (unpaired) electrons. The second-order valence-electron chi connectivity index (χ2n) is 5.46. The van der Waals surface area contributed by atoms with Gasteiger partial charge in [0.25, 0.3) is 0 Å². The predicted molar refractivity (Wildman–Crippen MR) is 78.4 cm³/mol. The zero-order chi connectivity index (χ0) is 13.7. The fourth-order valence-corrected chi connectivity index (χ4v) is 2.50. The first-order valence-corrected chi connectivity index (χ1v) is 7.14. The van der Waals surface area contributed by atoms with Gasteiger partial charge in [0.05, 0.1) is 5.69 Å². The van der Waals surface area contributed by atoms with E-state index in [2.05, 4.69) is 39.2 Å². The molecule has 1 aromatic heterocycles. The van der Waals surface area contributed by atoms with Crippen LogP contribution in [0.25, 0.3) is 0 Å². The second kappa shape index (κ2) is 6.82. The Morgan fingerprint density at radius 2 is 2.05 bits per heavy atom. The molecule has 0 aliphatic carbocycles. The minimum Gasteiger partial charge on any atom is -0.358 e. The van der Waals surface area contributed by atoms with Crippen LogP contribution in [0.4, 0.5) is 5.82 Å². The van der Waals surface area contributed by atoms with E-state index in [1.807, 2.05) is 7.05 Å². The predicted octanol–water partition coefficient (Wildman–Crippen LogP) is 1.07. The van der Waals surface area contributed by atoms with Crippen molar-refractivity contribution in [1.82, 2.24) is 15.1 Å². The van der Waals surface area contributed by atoms with E-state index in [1.54, 1.807) is 0 Å². The molecule has 106 valence electrons. The molecule has 0 bridgehead atoms. The molecule has 2 rings (SSSR count). The molecule has 2 N–H and O–H groups in total. The molecular formula is C14H25N5. The molecule has 0 amide bonds. The van der Waals surface area contributed by atoms with E-state index in [0.717, 1.165) is 37.6 Å². The van der Waals surface area contributed by atoms with Crippen molar-refractivity contribution < 1.29 is 0 Å². The van der Waals surface area contributed by atoms with E-state index in [-0.39, 0.29) is 0 Å². The maximum atomic E-state index is 5.52.